The Morgan fingerprint density at radius 1 is 1.08 bits per heavy atom. The first-order chi connectivity index (χ1) is 12.1. The van der Waals surface area contributed by atoms with Crippen molar-refractivity contribution in [1.29, 1.82) is 0 Å². The van der Waals surface area contributed by atoms with Crippen LogP contribution in [0.2, 0.25) is 0 Å². The molecule has 1 aliphatic rings. The molecule has 3 rings (SSSR count). The van der Waals surface area contributed by atoms with Crippen LogP contribution < -0.4 is 9.64 Å². The smallest absolute Gasteiger partial charge is 0.373 e. The van der Waals surface area contributed by atoms with Gasteiger partial charge in [0.25, 0.3) is 0 Å². The molecule has 7 heteroatoms. The highest BCUT2D eigenvalue weighted by Crippen LogP contribution is 2.37. The molecule has 132 valence electrons. The van der Waals surface area contributed by atoms with Gasteiger partial charge < -0.3 is 9.64 Å². The number of anilines is 1. The van der Waals surface area contributed by atoms with Crippen molar-refractivity contribution < 1.29 is 9.66 Å². The fraction of sp³-hybridized carbons (Fsp3) is 0.444. The number of benzene rings is 1. The second kappa shape index (κ2) is 7.46. The van der Waals surface area contributed by atoms with Crippen molar-refractivity contribution in [3.05, 3.63) is 45.8 Å². The lowest BCUT2D eigenvalue weighted by atomic mass is 10.1. The van der Waals surface area contributed by atoms with E-state index < -0.39 is 4.92 Å². The van der Waals surface area contributed by atoms with Crippen LogP contribution in [-0.4, -0.2) is 28.0 Å². The summed E-state index contributed by atoms with van der Waals surface area (Å²) >= 11 is 0. The Morgan fingerprint density at radius 3 is 2.44 bits per heavy atom. The highest BCUT2D eigenvalue weighted by molar-refractivity contribution is 5.63. The third-order valence-electron chi connectivity index (χ3n) is 4.55. The molecule has 25 heavy (non-hydrogen) atoms. The molecule has 0 bridgehead atoms. The molecule has 0 aliphatic carbocycles. The Kier molecular flexibility index (Phi) is 5.11. The van der Waals surface area contributed by atoms with Crippen molar-refractivity contribution in [1.82, 2.24) is 9.97 Å². The van der Waals surface area contributed by atoms with E-state index in [2.05, 4.69) is 9.97 Å². The van der Waals surface area contributed by atoms with Crippen molar-refractivity contribution in [2.75, 3.05) is 18.0 Å². The number of nitrogens with zero attached hydrogens (tertiary/aromatic N) is 4. The van der Waals surface area contributed by atoms with Crippen molar-refractivity contribution in [3.8, 4) is 11.6 Å². The Morgan fingerprint density at radius 2 is 1.80 bits per heavy atom. The molecule has 0 radical (unpaired) electrons. The molecular weight excluding hydrogens is 320 g/mol. The van der Waals surface area contributed by atoms with Gasteiger partial charge in [-0.1, -0.05) is 18.9 Å². The van der Waals surface area contributed by atoms with E-state index in [1.807, 2.05) is 30.9 Å². The van der Waals surface area contributed by atoms with Crippen molar-refractivity contribution in [2.24, 2.45) is 0 Å². The van der Waals surface area contributed by atoms with Crippen LogP contribution in [0.15, 0.2) is 24.5 Å². The molecule has 1 fully saturated rings. The second-order valence-corrected chi connectivity index (χ2v) is 6.36. The zero-order valence-electron chi connectivity index (χ0n) is 14.6. The normalized spacial score (nSPS) is 14.9. The molecule has 0 spiro atoms. The van der Waals surface area contributed by atoms with Crippen LogP contribution in [0.25, 0.3) is 0 Å². The van der Waals surface area contributed by atoms with Gasteiger partial charge in [0.1, 0.15) is 12.1 Å². The zero-order chi connectivity index (χ0) is 17.8. The molecule has 0 unspecified atom stereocenters. The van der Waals surface area contributed by atoms with E-state index in [1.54, 1.807) is 6.07 Å². The molecule has 0 atom stereocenters. The quantitative estimate of drug-likeness (QED) is 0.612. The number of hydrogen-bond acceptors (Lipinski definition) is 6. The lowest BCUT2D eigenvalue weighted by Gasteiger charge is -2.21. The molecule has 2 aromatic rings. The first kappa shape index (κ1) is 17.1. The molecule has 2 heterocycles. The van der Waals surface area contributed by atoms with Crippen LogP contribution >= 0.6 is 0 Å². The minimum Gasteiger partial charge on any atom is -0.434 e. The summed E-state index contributed by atoms with van der Waals surface area (Å²) in [5.41, 5.74) is 2.03. The van der Waals surface area contributed by atoms with Gasteiger partial charge in [0.05, 0.1) is 4.92 Å². The van der Waals surface area contributed by atoms with Gasteiger partial charge >= 0.3 is 11.6 Å². The number of ether oxygens (including phenoxy) is 1. The molecule has 1 aliphatic heterocycles. The summed E-state index contributed by atoms with van der Waals surface area (Å²) in [6.45, 7) is 5.50. The Bertz CT molecular complexity index is 771. The molecule has 1 aromatic carbocycles. The largest absolute Gasteiger partial charge is 0.434 e. The lowest BCUT2D eigenvalue weighted by molar-refractivity contribution is -0.385. The van der Waals surface area contributed by atoms with Gasteiger partial charge in [0.15, 0.2) is 0 Å². The molecular formula is C18H22N4O3. The topological polar surface area (TPSA) is 81.4 Å². The van der Waals surface area contributed by atoms with Crippen LogP contribution in [-0.2, 0) is 0 Å². The van der Waals surface area contributed by atoms with Crippen molar-refractivity contribution in [3.63, 3.8) is 0 Å². The van der Waals surface area contributed by atoms with Gasteiger partial charge in [-0.05, 0) is 49.9 Å². The van der Waals surface area contributed by atoms with Crippen LogP contribution in [0.3, 0.4) is 0 Å². The average Bonchev–Trinajstić information content (AvgIpc) is 2.87. The standard InChI is InChI=1S/C18H22N4O3/c1-13-7-8-15(11-14(13)2)25-18-16(22(23)24)17(19-12-20-18)21-9-5-3-4-6-10-21/h7-8,11-12H,3-6,9-10H2,1-2H3. The van der Waals surface area contributed by atoms with Gasteiger partial charge in [-0.15, -0.1) is 0 Å². The molecule has 0 saturated carbocycles. The van der Waals surface area contributed by atoms with Gasteiger partial charge in [0.2, 0.25) is 5.82 Å². The molecule has 7 nitrogen and oxygen atoms in total. The summed E-state index contributed by atoms with van der Waals surface area (Å²) in [6.07, 6.45) is 5.63. The average molecular weight is 342 g/mol. The highest BCUT2D eigenvalue weighted by atomic mass is 16.6. The van der Waals surface area contributed by atoms with E-state index in [-0.39, 0.29) is 11.6 Å². The number of hydrogen-bond donors (Lipinski definition) is 0. The summed E-state index contributed by atoms with van der Waals surface area (Å²) < 4.78 is 5.75. The van der Waals surface area contributed by atoms with E-state index in [0.717, 1.165) is 49.9 Å². The van der Waals surface area contributed by atoms with E-state index >= 15 is 0 Å². The molecule has 0 N–H and O–H groups in total. The molecule has 1 saturated heterocycles. The maximum Gasteiger partial charge on any atom is 0.373 e. The molecule has 1 aromatic heterocycles. The fourth-order valence-corrected chi connectivity index (χ4v) is 2.99. The third-order valence-corrected chi connectivity index (χ3v) is 4.55. The van der Waals surface area contributed by atoms with Crippen molar-refractivity contribution >= 4 is 11.5 Å². The van der Waals surface area contributed by atoms with Gasteiger partial charge in [-0.25, -0.2) is 4.98 Å². The Labute approximate surface area is 146 Å². The van der Waals surface area contributed by atoms with E-state index in [9.17, 15) is 10.1 Å². The summed E-state index contributed by atoms with van der Waals surface area (Å²) in [5.74, 6) is 0.870. The van der Waals surface area contributed by atoms with Crippen LogP contribution in [0.1, 0.15) is 36.8 Å². The number of aryl methyl sites for hydroxylation is 2. The van der Waals surface area contributed by atoms with Gasteiger partial charge in [-0.3, -0.25) is 10.1 Å². The van der Waals surface area contributed by atoms with E-state index in [1.165, 1.54) is 6.33 Å². The fourth-order valence-electron chi connectivity index (χ4n) is 2.99. The summed E-state index contributed by atoms with van der Waals surface area (Å²) in [6, 6.07) is 5.57. The first-order valence-electron chi connectivity index (χ1n) is 8.55. The second-order valence-electron chi connectivity index (χ2n) is 6.36. The summed E-state index contributed by atoms with van der Waals surface area (Å²) in [7, 11) is 0. The maximum atomic E-state index is 11.7. The van der Waals surface area contributed by atoms with Crippen LogP contribution in [0, 0.1) is 24.0 Å². The summed E-state index contributed by atoms with van der Waals surface area (Å²) in [5, 5.41) is 11.7. The number of nitro groups is 1. The van der Waals surface area contributed by atoms with Crippen LogP contribution in [0.5, 0.6) is 11.6 Å². The zero-order valence-corrected chi connectivity index (χ0v) is 14.6. The number of rotatable bonds is 4. The Hall–Kier alpha value is -2.70. The van der Waals surface area contributed by atoms with Gasteiger partial charge in [-0.2, -0.15) is 4.98 Å². The maximum absolute atomic E-state index is 11.7. The lowest BCUT2D eigenvalue weighted by Crippen LogP contribution is -2.26. The highest BCUT2D eigenvalue weighted by Gasteiger charge is 2.29. The van der Waals surface area contributed by atoms with E-state index in [0.29, 0.717) is 11.6 Å². The third kappa shape index (κ3) is 3.87. The predicted octanol–water partition coefficient (Wildman–Crippen LogP) is 4.17. The predicted molar refractivity (Wildman–Crippen MR) is 95.4 cm³/mol. The minimum atomic E-state index is -0.448. The van der Waals surface area contributed by atoms with E-state index in [4.69, 9.17) is 4.74 Å². The van der Waals surface area contributed by atoms with Crippen molar-refractivity contribution in [2.45, 2.75) is 39.5 Å². The SMILES string of the molecule is Cc1ccc(Oc2ncnc(N3CCCCCC3)c2[N+](=O)[O-])cc1C. The van der Waals surface area contributed by atoms with Crippen LogP contribution in [0.4, 0.5) is 11.5 Å². The number of aromatic nitrogens is 2. The Balaban J connectivity index is 1.97. The first-order valence-corrected chi connectivity index (χ1v) is 8.55. The van der Waals surface area contributed by atoms with Gasteiger partial charge in [0, 0.05) is 13.1 Å². The monoisotopic (exact) mass is 342 g/mol. The molecule has 0 amide bonds. The summed E-state index contributed by atoms with van der Waals surface area (Å²) in [4.78, 5) is 21.4. The minimum absolute atomic E-state index is 0.0116.